The van der Waals surface area contributed by atoms with Crippen molar-refractivity contribution in [3.05, 3.63) is 97.2 Å². The van der Waals surface area contributed by atoms with E-state index in [0.29, 0.717) is 19.3 Å². The first-order valence-corrected chi connectivity index (χ1v) is 32.7. The Morgan fingerprint density at radius 2 is 0.532 bits per heavy atom. The molecule has 0 radical (unpaired) electrons. The van der Waals surface area contributed by atoms with Crippen molar-refractivity contribution in [2.24, 2.45) is 0 Å². The Kier molecular flexibility index (Phi) is 61.8. The van der Waals surface area contributed by atoms with Gasteiger partial charge in [-0.15, -0.1) is 0 Å². The molecule has 0 N–H and O–H groups in total. The fourth-order valence-corrected chi connectivity index (χ4v) is 9.15. The molecule has 77 heavy (non-hydrogen) atoms. The van der Waals surface area contributed by atoms with Crippen LogP contribution in [0, 0.1) is 0 Å². The van der Waals surface area contributed by atoms with Crippen LogP contribution in [0.2, 0.25) is 0 Å². The van der Waals surface area contributed by atoms with Crippen molar-refractivity contribution >= 4 is 17.9 Å². The van der Waals surface area contributed by atoms with Gasteiger partial charge in [0.15, 0.2) is 6.10 Å². The highest BCUT2D eigenvalue weighted by atomic mass is 16.6. The first-order chi connectivity index (χ1) is 38.0. The van der Waals surface area contributed by atoms with E-state index in [2.05, 4.69) is 118 Å². The van der Waals surface area contributed by atoms with Crippen molar-refractivity contribution in [3.8, 4) is 0 Å². The van der Waals surface area contributed by atoms with Crippen LogP contribution in [0.1, 0.15) is 316 Å². The molecule has 0 aliphatic rings. The molecule has 0 aromatic rings. The van der Waals surface area contributed by atoms with Crippen molar-refractivity contribution in [1.82, 2.24) is 0 Å². The van der Waals surface area contributed by atoms with Crippen LogP contribution in [0.4, 0.5) is 0 Å². The molecule has 0 spiro atoms. The second-order valence-corrected chi connectivity index (χ2v) is 21.6. The Morgan fingerprint density at radius 3 is 0.844 bits per heavy atom. The molecule has 0 bridgehead atoms. The summed E-state index contributed by atoms with van der Waals surface area (Å²) in [7, 11) is 0. The van der Waals surface area contributed by atoms with Gasteiger partial charge in [0.1, 0.15) is 13.2 Å². The average molecular weight is 1070 g/mol. The SMILES string of the molecule is CC/C=C\C/C=C\C/C=C\CCCCCCCCCC(=O)OC(COC(=O)CCCCCCC/C=C\C/C=C\CCC)COC(=O)CCCCCCCCCCCCCCCC/C=C\C/C=C\C/C=C\CCCCCCC. The topological polar surface area (TPSA) is 78.9 Å². The summed E-state index contributed by atoms with van der Waals surface area (Å²) in [4.78, 5) is 38.3. The molecule has 0 aliphatic heterocycles. The molecule has 6 heteroatoms. The summed E-state index contributed by atoms with van der Waals surface area (Å²) in [6.07, 6.45) is 87.1. The van der Waals surface area contributed by atoms with Crippen LogP contribution < -0.4 is 0 Å². The van der Waals surface area contributed by atoms with Gasteiger partial charge >= 0.3 is 17.9 Å². The van der Waals surface area contributed by atoms with Crippen LogP contribution in [0.25, 0.3) is 0 Å². The molecule has 0 fully saturated rings. The zero-order chi connectivity index (χ0) is 55.7. The standard InChI is InChI=1S/C71H122O6/c1-4-7-10-13-16-19-22-25-27-29-30-31-32-33-34-35-36-37-38-39-40-42-43-46-49-52-55-58-61-64-70(73)76-67-68(66-75-69(72)63-60-57-54-51-48-45-24-21-18-15-12-9-6-3)77-71(74)65-62-59-56-53-50-47-44-41-28-26-23-20-17-14-11-8-5-2/h8,11-12,15,17,20-22,24-26,28-30,32-33,68H,4-7,9-10,13-14,16,18-19,23,27,31,34-67H2,1-3H3/b11-8-,15-12-,20-17-,24-21-,25-22-,28-26-,30-29-,33-32-. The zero-order valence-corrected chi connectivity index (χ0v) is 50.7. The number of rotatable bonds is 59. The highest BCUT2D eigenvalue weighted by molar-refractivity contribution is 5.71. The molecule has 0 saturated carbocycles. The normalized spacial score (nSPS) is 12.7. The quantitative estimate of drug-likeness (QED) is 0.0261. The number of allylic oxidation sites excluding steroid dienone is 16. The molecule has 1 atom stereocenters. The van der Waals surface area contributed by atoms with E-state index < -0.39 is 6.10 Å². The maximum atomic E-state index is 12.9. The monoisotopic (exact) mass is 1070 g/mol. The molecule has 0 heterocycles. The second-order valence-electron chi connectivity index (χ2n) is 21.6. The maximum absolute atomic E-state index is 12.9. The Balaban J connectivity index is 4.25. The van der Waals surface area contributed by atoms with E-state index in [1.165, 1.54) is 148 Å². The summed E-state index contributed by atoms with van der Waals surface area (Å²) in [5.74, 6) is -0.902. The molecular formula is C71H122O6. The summed E-state index contributed by atoms with van der Waals surface area (Å²) in [5, 5.41) is 0. The number of esters is 3. The minimum atomic E-state index is -0.790. The zero-order valence-electron chi connectivity index (χ0n) is 50.7. The molecule has 0 aromatic carbocycles. The average Bonchev–Trinajstić information content (AvgIpc) is 3.43. The summed E-state index contributed by atoms with van der Waals surface area (Å²) in [5.41, 5.74) is 0. The Hall–Kier alpha value is -3.67. The van der Waals surface area contributed by atoms with Crippen LogP contribution in [-0.2, 0) is 28.6 Å². The van der Waals surface area contributed by atoms with Gasteiger partial charge in [0.25, 0.3) is 0 Å². The lowest BCUT2D eigenvalue weighted by Crippen LogP contribution is -2.30. The van der Waals surface area contributed by atoms with Crippen LogP contribution in [0.3, 0.4) is 0 Å². The molecule has 6 nitrogen and oxygen atoms in total. The van der Waals surface area contributed by atoms with Gasteiger partial charge in [-0.3, -0.25) is 14.4 Å². The number of carbonyl (C=O) groups excluding carboxylic acids is 3. The van der Waals surface area contributed by atoms with E-state index in [0.717, 1.165) is 128 Å². The molecule has 1 unspecified atom stereocenters. The van der Waals surface area contributed by atoms with Crippen molar-refractivity contribution in [1.29, 1.82) is 0 Å². The number of unbranched alkanes of at least 4 members (excludes halogenated alkanes) is 32. The fourth-order valence-electron chi connectivity index (χ4n) is 9.15. The predicted octanol–water partition coefficient (Wildman–Crippen LogP) is 22.4. The van der Waals surface area contributed by atoms with Gasteiger partial charge in [-0.1, -0.05) is 279 Å². The van der Waals surface area contributed by atoms with Gasteiger partial charge in [0.05, 0.1) is 0 Å². The van der Waals surface area contributed by atoms with Crippen LogP contribution in [0.5, 0.6) is 0 Å². The summed E-state index contributed by atoms with van der Waals surface area (Å²) in [6.45, 7) is 6.46. The van der Waals surface area contributed by atoms with E-state index >= 15 is 0 Å². The molecule has 0 rings (SSSR count). The van der Waals surface area contributed by atoms with E-state index in [1.807, 2.05) is 0 Å². The van der Waals surface area contributed by atoms with Gasteiger partial charge < -0.3 is 14.2 Å². The third-order valence-electron chi connectivity index (χ3n) is 14.0. The van der Waals surface area contributed by atoms with Crippen LogP contribution >= 0.6 is 0 Å². The lowest BCUT2D eigenvalue weighted by molar-refractivity contribution is -0.167. The van der Waals surface area contributed by atoms with E-state index in [1.54, 1.807) is 0 Å². The minimum Gasteiger partial charge on any atom is -0.462 e. The van der Waals surface area contributed by atoms with Crippen LogP contribution in [-0.4, -0.2) is 37.2 Å². The van der Waals surface area contributed by atoms with Crippen LogP contribution in [0.15, 0.2) is 97.2 Å². The van der Waals surface area contributed by atoms with E-state index in [-0.39, 0.29) is 31.1 Å². The number of hydrogen-bond acceptors (Lipinski definition) is 6. The minimum absolute atomic E-state index is 0.0856. The molecule has 0 saturated heterocycles. The predicted molar refractivity (Wildman–Crippen MR) is 334 cm³/mol. The highest BCUT2D eigenvalue weighted by Crippen LogP contribution is 2.16. The number of carbonyl (C=O) groups is 3. The summed E-state index contributed by atoms with van der Waals surface area (Å²) in [6, 6.07) is 0. The highest BCUT2D eigenvalue weighted by Gasteiger charge is 2.19. The molecule has 0 amide bonds. The van der Waals surface area contributed by atoms with Crippen molar-refractivity contribution < 1.29 is 28.6 Å². The summed E-state index contributed by atoms with van der Waals surface area (Å²) < 4.78 is 16.9. The van der Waals surface area contributed by atoms with Crippen molar-refractivity contribution in [2.75, 3.05) is 13.2 Å². The van der Waals surface area contributed by atoms with E-state index in [4.69, 9.17) is 14.2 Å². The summed E-state index contributed by atoms with van der Waals surface area (Å²) >= 11 is 0. The maximum Gasteiger partial charge on any atom is 0.306 e. The number of hydrogen-bond donors (Lipinski definition) is 0. The molecule has 0 aliphatic carbocycles. The third-order valence-corrected chi connectivity index (χ3v) is 14.0. The molecule has 0 aromatic heterocycles. The largest absolute Gasteiger partial charge is 0.462 e. The lowest BCUT2D eigenvalue weighted by atomic mass is 10.0. The molecule has 442 valence electrons. The van der Waals surface area contributed by atoms with Gasteiger partial charge in [-0.25, -0.2) is 0 Å². The fraction of sp³-hybridized carbons (Fsp3) is 0.732. The Bertz CT molecular complexity index is 1510. The van der Waals surface area contributed by atoms with Crippen molar-refractivity contribution in [2.45, 2.75) is 322 Å². The van der Waals surface area contributed by atoms with Gasteiger partial charge in [-0.2, -0.15) is 0 Å². The first kappa shape index (κ1) is 73.3. The Morgan fingerprint density at radius 1 is 0.273 bits per heavy atom. The Labute approximate surface area is 477 Å². The van der Waals surface area contributed by atoms with Gasteiger partial charge in [0, 0.05) is 19.3 Å². The van der Waals surface area contributed by atoms with Gasteiger partial charge in [-0.05, 0) is 116 Å². The number of ether oxygens (including phenoxy) is 3. The first-order valence-electron chi connectivity index (χ1n) is 32.7. The smallest absolute Gasteiger partial charge is 0.306 e. The van der Waals surface area contributed by atoms with Crippen molar-refractivity contribution in [3.63, 3.8) is 0 Å². The molecular weight excluding hydrogens is 949 g/mol. The van der Waals surface area contributed by atoms with Gasteiger partial charge in [0.2, 0.25) is 0 Å². The van der Waals surface area contributed by atoms with E-state index in [9.17, 15) is 14.4 Å². The third kappa shape index (κ3) is 63.0. The second kappa shape index (κ2) is 64.9. The lowest BCUT2D eigenvalue weighted by Gasteiger charge is -2.18.